The maximum absolute atomic E-state index is 13.3. The van der Waals surface area contributed by atoms with Gasteiger partial charge in [-0.2, -0.15) is 0 Å². The summed E-state index contributed by atoms with van der Waals surface area (Å²) in [6, 6.07) is 5.28. The van der Waals surface area contributed by atoms with Crippen molar-refractivity contribution in [3.05, 3.63) is 35.9 Å². The van der Waals surface area contributed by atoms with E-state index in [1.807, 2.05) is 13.0 Å². The van der Waals surface area contributed by atoms with Crippen molar-refractivity contribution in [3.63, 3.8) is 0 Å². The summed E-state index contributed by atoms with van der Waals surface area (Å²) in [5, 5.41) is 22.9. The first-order valence-electron chi connectivity index (χ1n) is 10.7. The summed E-state index contributed by atoms with van der Waals surface area (Å²) in [5.41, 5.74) is 6.16. The number of carbonyl (C=O) groups is 5. The van der Waals surface area contributed by atoms with Gasteiger partial charge >= 0.3 is 11.9 Å². The van der Waals surface area contributed by atoms with E-state index in [-0.39, 0.29) is 19.4 Å². The Labute approximate surface area is 192 Å². The third-order valence-electron chi connectivity index (χ3n) is 5.04. The lowest BCUT2D eigenvalue weighted by molar-refractivity contribution is -0.148. The molecule has 0 saturated heterocycles. The molecule has 0 unspecified atom stereocenters. The fourth-order valence-electron chi connectivity index (χ4n) is 3.24. The Bertz CT molecular complexity index is 831. The zero-order valence-corrected chi connectivity index (χ0v) is 18.8. The summed E-state index contributed by atoms with van der Waals surface area (Å²) in [7, 11) is 1.39. The van der Waals surface area contributed by atoms with Gasteiger partial charge in [0.25, 0.3) is 0 Å². The van der Waals surface area contributed by atoms with Crippen LogP contribution in [0.4, 0.5) is 0 Å². The molecular formula is C22H32N4O7. The van der Waals surface area contributed by atoms with Gasteiger partial charge in [0, 0.05) is 13.5 Å². The second-order valence-corrected chi connectivity index (χ2v) is 7.62. The van der Waals surface area contributed by atoms with E-state index in [4.69, 9.17) is 10.8 Å². The molecule has 0 radical (unpaired) electrons. The first-order chi connectivity index (χ1) is 15.6. The molecule has 6 N–H and O–H groups in total. The number of carboxylic acids is 2. The number of hydrogen-bond acceptors (Lipinski definition) is 6. The van der Waals surface area contributed by atoms with E-state index in [0.29, 0.717) is 12.8 Å². The average molecular weight is 465 g/mol. The Hall–Kier alpha value is -3.47. The lowest BCUT2D eigenvalue weighted by atomic mass is 10.0. The molecule has 0 bridgehead atoms. The van der Waals surface area contributed by atoms with Crippen LogP contribution < -0.4 is 16.4 Å². The number of unbranched alkanes of at least 4 members (excludes halogenated alkanes) is 1. The minimum Gasteiger partial charge on any atom is -0.481 e. The molecule has 182 valence electrons. The Morgan fingerprint density at radius 1 is 1.03 bits per heavy atom. The quantitative estimate of drug-likeness (QED) is 0.250. The molecule has 0 saturated carbocycles. The molecule has 0 aliphatic carbocycles. The molecule has 3 amide bonds. The third-order valence-corrected chi connectivity index (χ3v) is 5.04. The standard InChI is InChI=1S/C22H32N4O7/c1-3-4-10-17(20(30)25-16(22(32)33)12-19(28)29)26(2)21(31)15(24-18(27)13-23)11-14-8-6-5-7-9-14/h5-9,15-17H,3-4,10-13,23H2,1-2H3,(H,24,27)(H,25,30)(H,28,29)(H,32,33)/t15-,16-,17-/m0/s1. The van der Waals surface area contributed by atoms with Crippen LogP contribution in [0, 0.1) is 0 Å². The van der Waals surface area contributed by atoms with Gasteiger partial charge in [0.2, 0.25) is 17.7 Å². The van der Waals surface area contributed by atoms with Crippen LogP contribution in [0.1, 0.15) is 38.2 Å². The Kier molecular flexibility index (Phi) is 11.6. The number of likely N-dealkylation sites (N-methyl/N-ethyl adjacent to an activating group) is 1. The molecular weight excluding hydrogens is 432 g/mol. The largest absolute Gasteiger partial charge is 0.481 e. The number of amides is 3. The van der Waals surface area contributed by atoms with Gasteiger partial charge in [-0.25, -0.2) is 4.79 Å². The number of carboxylic acid groups (broad SMARTS) is 2. The van der Waals surface area contributed by atoms with Crippen LogP contribution in [0.15, 0.2) is 30.3 Å². The Morgan fingerprint density at radius 3 is 2.18 bits per heavy atom. The molecule has 0 heterocycles. The van der Waals surface area contributed by atoms with Gasteiger partial charge in [-0.1, -0.05) is 50.1 Å². The van der Waals surface area contributed by atoms with E-state index in [2.05, 4.69) is 10.6 Å². The second kappa shape index (κ2) is 13.8. The second-order valence-electron chi connectivity index (χ2n) is 7.62. The third kappa shape index (κ3) is 9.27. The van der Waals surface area contributed by atoms with Gasteiger partial charge in [-0.3, -0.25) is 19.2 Å². The number of carbonyl (C=O) groups excluding carboxylic acids is 3. The summed E-state index contributed by atoms with van der Waals surface area (Å²) < 4.78 is 0. The molecule has 33 heavy (non-hydrogen) atoms. The van der Waals surface area contributed by atoms with Crippen molar-refractivity contribution in [1.82, 2.24) is 15.5 Å². The average Bonchev–Trinajstić information content (AvgIpc) is 2.77. The van der Waals surface area contributed by atoms with E-state index in [1.165, 1.54) is 7.05 Å². The molecule has 1 aromatic carbocycles. The van der Waals surface area contributed by atoms with Gasteiger partial charge in [-0.05, 0) is 12.0 Å². The van der Waals surface area contributed by atoms with Crippen LogP contribution in [0.25, 0.3) is 0 Å². The van der Waals surface area contributed by atoms with Crippen LogP contribution in [0.3, 0.4) is 0 Å². The van der Waals surface area contributed by atoms with Crippen LogP contribution in [-0.4, -0.2) is 76.5 Å². The Balaban J connectivity index is 3.12. The maximum Gasteiger partial charge on any atom is 0.326 e. The van der Waals surface area contributed by atoms with Crippen molar-refractivity contribution >= 4 is 29.7 Å². The van der Waals surface area contributed by atoms with Crippen molar-refractivity contribution < 1.29 is 34.2 Å². The zero-order chi connectivity index (χ0) is 25.0. The summed E-state index contributed by atoms with van der Waals surface area (Å²) in [5.74, 6) is -4.76. The van der Waals surface area contributed by atoms with Crippen molar-refractivity contribution in [2.75, 3.05) is 13.6 Å². The highest BCUT2D eigenvalue weighted by Crippen LogP contribution is 2.13. The van der Waals surface area contributed by atoms with Gasteiger partial charge in [0.05, 0.1) is 13.0 Å². The van der Waals surface area contributed by atoms with Gasteiger partial charge in [0.1, 0.15) is 18.1 Å². The molecule has 3 atom stereocenters. The predicted octanol–water partition coefficient (Wildman–Crippen LogP) is -0.266. The molecule has 0 fully saturated rings. The molecule has 0 aliphatic heterocycles. The lowest BCUT2D eigenvalue weighted by Gasteiger charge is -2.31. The Morgan fingerprint density at radius 2 is 1.67 bits per heavy atom. The smallest absolute Gasteiger partial charge is 0.326 e. The number of benzene rings is 1. The highest BCUT2D eigenvalue weighted by molar-refractivity contribution is 5.94. The van der Waals surface area contributed by atoms with Crippen LogP contribution in [-0.2, 0) is 30.4 Å². The maximum atomic E-state index is 13.3. The molecule has 0 spiro atoms. The van der Waals surface area contributed by atoms with E-state index >= 15 is 0 Å². The van der Waals surface area contributed by atoms with Crippen molar-refractivity contribution in [3.8, 4) is 0 Å². The van der Waals surface area contributed by atoms with E-state index < -0.39 is 54.2 Å². The van der Waals surface area contributed by atoms with E-state index in [1.54, 1.807) is 24.3 Å². The fourth-order valence-corrected chi connectivity index (χ4v) is 3.24. The number of nitrogens with one attached hydrogen (secondary N) is 2. The normalized spacial score (nSPS) is 13.3. The van der Waals surface area contributed by atoms with Crippen LogP contribution in [0.2, 0.25) is 0 Å². The van der Waals surface area contributed by atoms with Crippen molar-refractivity contribution in [1.29, 1.82) is 0 Å². The van der Waals surface area contributed by atoms with Crippen molar-refractivity contribution in [2.24, 2.45) is 5.73 Å². The SMILES string of the molecule is CCCC[C@@H](C(=O)N[C@@H](CC(=O)O)C(=O)O)N(C)C(=O)[C@H](Cc1ccccc1)NC(=O)CN. The monoisotopic (exact) mass is 464 g/mol. The summed E-state index contributed by atoms with van der Waals surface area (Å²) in [6.45, 7) is 1.57. The summed E-state index contributed by atoms with van der Waals surface area (Å²) in [6.07, 6.45) is 0.857. The van der Waals surface area contributed by atoms with Crippen LogP contribution >= 0.6 is 0 Å². The van der Waals surface area contributed by atoms with Crippen LogP contribution in [0.5, 0.6) is 0 Å². The van der Waals surface area contributed by atoms with Gasteiger partial charge < -0.3 is 31.5 Å². The van der Waals surface area contributed by atoms with Crippen molar-refractivity contribution in [2.45, 2.75) is 57.2 Å². The van der Waals surface area contributed by atoms with E-state index in [0.717, 1.165) is 10.5 Å². The fraction of sp³-hybridized carbons (Fsp3) is 0.500. The number of nitrogens with zero attached hydrogens (tertiary/aromatic N) is 1. The molecule has 1 aromatic rings. The number of rotatable bonds is 14. The highest BCUT2D eigenvalue weighted by atomic mass is 16.4. The topological polar surface area (TPSA) is 179 Å². The first-order valence-corrected chi connectivity index (χ1v) is 10.7. The summed E-state index contributed by atoms with van der Waals surface area (Å²) in [4.78, 5) is 61.6. The van der Waals surface area contributed by atoms with Gasteiger partial charge in [0.15, 0.2) is 0 Å². The lowest BCUT2D eigenvalue weighted by Crippen LogP contribution is -2.57. The molecule has 11 heteroatoms. The minimum atomic E-state index is -1.64. The zero-order valence-electron chi connectivity index (χ0n) is 18.8. The predicted molar refractivity (Wildman–Crippen MR) is 119 cm³/mol. The molecule has 11 nitrogen and oxygen atoms in total. The molecule has 1 rings (SSSR count). The number of aliphatic carboxylic acids is 2. The number of hydrogen-bond donors (Lipinski definition) is 5. The molecule has 0 aliphatic rings. The number of nitrogens with two attached hydrogens (primary N) is 1. The summed E-state index contributed by atoms with van der Waals surface area (Å²) >= 11 is 0. The minimum absolute atomic E-state index is 0.161. The van der Waals surface area contributed by atoms with Gasteiger partial charge in [-0.15, -0.1) is 0 Å². The first kappa shape index (κ1) is 27.6. The highest BCUT2D eigenvalue weighted by Gasteiger charge is 2.34. The van der Waals surface area contributed by atoms with E-state index in [9.17, 15) is 29.1 Å². The molecule has 0 aromatic heterocycles.